The van der Waals surface area contributed by atoms with Crippen LogP contribution in [0, 0.1) is 0 Å². The quantitative estimate of drug-likeness (QED) is 0.543. The van der Waals surface area contributed by atoms with E-state index in [0.29, 0.717) is 22.2 Å². The number of hydrogen-bond donors (Lipinski definition) is 1. The summed E-state index contributed by atoms with van der Waals surface area (Å²) in [5.74, 6) is 0.131. The number of halogens is 1. The third-order valence-corrected chi connectivity index (χ3v) is 4.51. The zero-order chi connectivity index (χ0) is 20.2. The van der Waals surface area contributed by atoms with Crippen molar-refractivity contribution in [1.82, 2.24) is 14.7 Å². The summed E-state index contributed by atoms with van der Waals surface area (Å²) in [7, 11) is 0. The second-order valence-electron chi connectivity index (χ2n) is 6.15. The normalized spacial score (nSPS) is 10.7. The van der Waals surface area contributed by atoms with E-state index in [1.54, 1.807) is 36.4 Å². The van der Waals surface area contributed by atoms with E-state index in [9.17, 15) is 9.59 Å². The Morgan fingerprint density at radius 1 is 1.00 bits per heavy atom. The number of amides is 1. The van der Waals surface area contributed by atoms with E-state index in [2.05, 4.69) is 15.5 Å². The molecule has 29 heavy (non-hydrogen) atoms. The van der Waals surface area contributed by atoms with E-state index >= 15 is 0 Å². The molecule has 2 heterocycles. The Hall–Kier alpha value is -3.71. The largest absolute Gasteiger partial charge is 0.332 e. The molecule has 0 aliphatic carbocycles. The van der Waals surface area contributed by atoms with Crippen molar-refractivity contribution in [3.05, 3.63) is 88.2 Å². The molecular weight excluding hydrogens is 392 g/mol. The van der Waals surface area contributed by atoms with Crippen molar-refractivity contribution in [1.29, 1.82) is 0 Å². The average Bonchev–Trinajstić information content (AvgIpc) is 3.22. The van der Waals surface area contributed by atoms with Gasteiger partial charge in [0, 0.05) is 11.6 Å². The van der Waals surface area contributed by atoms with E-state index in [4.69, 9.17) is 16.1 Å². The summed E-state index contributed by atoms with van der Waals surface area (Å²) in [4.78, 5) is 29.3. The van der Waals surface area contributed by atoms with Gasteiger partial charge in [-0.1, -0.05) is 65.3 Å². The second-order valence-corrected chi connectivity index (χ2v) is 6.56. The van der Waals surface area contributed by atoms with E-state index in [0.717, 1.165) is 5.56 Å². The molecule has 0 radical (unpaired) electrons. The number of aromatic nitrogens is 3. The van der Waals surface area contributed by atoms with Gasteiger partial charge in [0.25, 0.3) is 11.4 Å². The Balaban J connectivity index is 1.63. The van der Waals surface area contributed by atoms with Crippen molar-refractivity contribution in [2.45, 2.75) is 6.54 Å². The Morgan fingerprint density at radius 3 is 2.55 bits per heavy atom. The van der Waals surface area contributed by atoms with E-state index in [1.807, 2.05) is 30.3 Å². The minimum atomic E-state index is -0.407. The van der Waals surface area contributed by atoms with Crippen molar-refractivity contribution in [3.63, 3.8) is 0 Å². The molecule has 0 unspecified atom stereocenters. The maximum Gasteiger partial charge on any atom is 0.274 e. The van der Waals surface area contributed by atoms with E-state index in [1.165, 1.54) is 10.6 Å². The molecule has 0 fully saturated rings. The Labute approximate surface area is 170 Å². The van der Waals surface area contributed by atoms with Crippen LogP contribution in [0.25, 0.3) is 23.0 Å². The molecule has 0 bridgehead atoms. The van der Waals surface area contributed by atoms with E-state index < -0.39 is 5.91 Å². The third-order valence-electron chi connectivity index (χ3n) is 4.18. The molecule has 0 atom stereocenters. The lowest BCUT2D eigenvalue weighted by molar-refractivity contribution is -0.116. The highest BCUT2D eigenvalue weighted by atomic mass is 35.5. The third kappa shape index (κ3) is 4.09. The maximum absolute atomic E-state index is 12.5. The van der Waals surface area contributed by atoms with Crippen molar-refractivity contribution >= 4 is 23.2 Å². The minimum Gasteiger partial charge on any atom is -0.332 e. The molecule has 0 aliphatic rings. The topological polar surface area (TPSA) is 90.0 Å². The van der Waals surface area contributed by atoms with Crippen LogP contribution in [-0.2, 0) is 11.3 Å². The van der Waals surface area contributed by atoms with Crippen LogP contribution in [0.3, 0.4) is 0 Å². The number of anilines is 1. The zero-order valence-electron chi connectivity index (χ0n) is 15.1. The molecule has 4 rings (SSSR count). The highest BCUT2D eigenvalue weighted by Crippen LogP contribution is 2.22. The number of hydrogen-bond acceptors (Lipinski definition) is 5. The molecule has 1 amide bonds. The molecule has 144 valence electrons. The number of benzene rings is 2. The number of carbonyl (C=O) groups excluding carboxylic acids is 1. The van der Waals surface area contributed by atoms with Crippen molar-refractivity contribution in [2.75, 3.05) is 5.32 Å². The molecule has 1 N–H and O–H groups in total. The number of carbonyl (C=O) groups is 1. The maximum atomic E-state index is 12.5. The van der Waals surface area contributed by atoms with Gasteiger partial charge in [-0.3, -0.25) is 14.2 Å². The van der Waals surface area contributed by atoms with Gasteiger partial charge in [-0.15, -0.1) is 0 Å². The number of nitrogens with zero attached hydrogens (tertiary/aromatic N) is 3. The molecule has 2 aromatic carbocycles. The SMILES string of the molecule is O=C(Cn1c(-c2nc(-c3ccccc3)no2)cccc1=O)Nc1ccccc1Cl. The summed E-state index contributed by atoms with van der Waals surface area (Å²) in [5.41, 5.74) is 1.23. The summed E-state index contributed by atoms with van der Waals surface area (Å²) in [6.45, 7) is -0.233. The predicted octanol–water partition coefficient (Wildman–Crippen LogP) is 3.86. The number of pyridine rings is 1. The highest BCUT2D eigenvalue weighted by molar-refractivity contribution is 6.33. The molecule has 0 aliphatic heterocycles. The molecule has 0 spiro atoms. The molecule has 0 saturated heterocycles. The number of rotatable bonds is 5. The van der Waals surface area contributed by atoms with Crippen LogP contribution >= 0.6 is 11.6 Å². The summed E-state index contributed by atoms with van der Waals surface area (Å²) < 4.78 is 6.62. The van der Waals surface area contributed by atoms with Crippen LogP contribution in [0.15, 0.2) is 82.1 Å². The number of nitrogens with one attached hydrogen (secondary N) is 1. The Kier molecular flexibility index (Phi) is 5.22. The first-order chi connectivity index (χ1) is 14.1. The van der Waals surface area contributed by atoms with Gasteiger partial charge in [-0.05, 0) is 18.2 Å². The van der Waals surface area contributed by atoms with Crippen molar-refractivity contribution < 1.29 is 9.32 Å². The minimum absolute atomic E-state index is 0.145. The van der Waals surface area contributed by atoms with Gasteiger partial charge in [0.2, 0.25) is 11.7 Å². The lowest BCUT2D eigenvalue weighted by Gasteiger charge is -2.11. The molecule has 0 saturated carbocycles. The van der Waals surface area contributed by atoms with Gasteiger partial charge in [-0.2, -0.15) is 4.98 Å². The molecule has 8 heteroatoms. The first-order valence-corrected chi connectivity index (χ1v) is 9.13. The van der Waals surface area contributed by atoms with Crippen molar-refractivity contribution in [3.8, 4) is 23.0 Å². The van der Waals surface area contributed by atoms with Gasteiger partial charge >= 0.3 is 0 Å². The molecular formula is C21H15ClN4O3. The van der Waals surface area contributed by atoms with Crippen LogP contribution < -0.4 is 10.9 Å². The van der Waals surface area contributed by atoms with Crippen LogP contribution in [0.5, 0.6) is 0 Å². The monoisotopic (exact) mass is 406 g/mol. The summed E-state index contributed by atoms with van der Waals surface area (Å²) in [6.07, 6.45) is 0. The van der Waals surface area contributed by atoms with Crippen molar-refractivity contribution in [2.24, 2.45) is 0 Å². The van der Waals surface area contributed by atoms with Gasteiger partial charge in [-0.25, -0.2) is 0 Å². The summed E-state index contributed by atoms with van der Waals surface area (Å²) >= 11 is 6.07. The summed E-state index contributed by atoms with van der Waals surface area (Å²) in [6, 6.07) is 20.8. The number of para-hydroxylation sites is 1. The van der Waals surface area contributed by atoms with Gasteiger partial charge < -0.3 is 9.84 Å². The lowest BCUT2D eigenvalue weighted by Crippen LogP contribution is -2.28. The average molecular weight is 407 g/mol. The van der Waals surface area contributed by atoms with Gasteiger partial charge in [0.1, 0.15) is 12.2 Å². The fourth-order valence-corrected chi connectivity index (χ4v) is 2.98. The Bertz CT molecular complexity index is 1220. The second kappa shape index (κ2) is 8.12. The van der Waals surface area contributed by atoms with E-state index in [-0.39, 0.29) is 18.0 Å². The Morgan fingerprint density at radius 2 is 1.76 bits per heavy atom. The molecule has 4 aromatic rings. The smallest absolute Gasteiger partial charge is 0.274 e. The highest BCUT2D eigenvalue weighted by Gasteiger charge is 2.17. The van der Waals surface area contributed by atoms with Gasteiger partial charge in [0.15, 0.2) is 0 Å². The fraction of sp³-hybridized carbons (Fsp3) is 0.0476. The van der Waals surface area contributed by atoms with Crippen LogP contribution in [0.2, 0.25) is 5.02 Å². The first-order valence-electron chi connectivity index (χ1n) is 8.75. The van der Waals surface area contributed by atoms with Crippen LogP contribution in [-0.4, -0.2) is 20.6 Å². The first kappa shape index (κ1) is 18.6. The standard InChI is InChI=1S/C21H15ClN4O3/c22-15-9-4-5-10-16(15)23-18(27)13-26-17(11-6-12-19(26)28)21-24-20(25-29-21)14-7-2-1-3-8-14/h1-12H,13H2,(H,23,27). The zero-order valence-corrected chi connectivity index (χ0v) is 15.8. The predicted molar refractivity (Wildman–Crippen MR) is 110 cm³/mol. The van der Waals surface area contributed by atoms with Crippen LogP contribution in [0.4, 0.5) is 5.69 Å². The van der Waals surface area contributed by atoms with Crippen LogP contribution in [0.1, 0.15) is 0 Å². The lowest BCUT2D eigenvalue weighted by atomic mass is 10.2. The fourth-order valence-electron chi connectivity index (χ4n) is 2.80. The van der Waals surface area contributed by atoms with Gasteiger partial charge in [0.05, 0.1) is 10.7 Å². The molecule has 7 nitrogen and oxygen atoms in total. The molecule has 2 aromatic heterocycles. The summed E-state index contributed by atoms with van der Waals surface area (Å²) in [5, 5.41) is 7.08.